The summed E-state index contributed by atoms with van der Waals surface area (Å²) in [5.41, 5.74) is 3.08. The summed E-state index contributed by atoms with van der Waals surface area (Å²) in [6.45, 7) is 8.94. The van der Waals surface area contributed by atoms with Crippen LogP contribution in [-0.2, 0) is 5.41 Å². The molecule has 1 aromatic rings. The first-order valence-corrected chi connectivity index (χ1v) is 6.44. The molecule has 0 aliphatic rings. The van der Waals surface area contributed by atoms with E-state index in [0.29, 0.717) is 0 Å². The molecule has 0 nitrogen and oxygen atoms in total. The summed E-state index contributed by atoms with van der Waals surface area (Å²) in [5.74, 6) is 0. The Kier molecular flexibility index (Phi) is 3.66. The Morgan fingerprint density at radius 2 is 1.38 bits per heavy atom. The second kappa shape index (κ2) is 4.04. The van der Waals surface area contributed by atoms with Crippen LogP contribution in [0.25, 0.3) is 0 Å². The minimum absolute atomic E-state index is 0.257. The topological polar surface area (TPSA) is 0 Å². The van der Waals surface area contributed by atoms with Gasteiger partial charge >= 0.3 is 0 Å². The fourth-order valence-electron chi connectivity index (χ4n) is 1.08. The maximum Gasteiger partial charge on any atom is 0.0173 e. The quantitative estimate of drug-likeness (QED) is 0.563. The molecule has 0 unspecified atom stereocenters. The molecule has 1 aromatic carbocycles. The predicted octanol–water partition coefficient (Wildman–Crippen LogP) is 4.50. The molecule has 0 amide bonds. The van der Waals surface area contributed by atoms with E-state index in [0.717, 1.165) is 0 Å². The summed E-state index contributed by atoms with van der Waals surface area (Å²) < 4.78 is 2.74. The van der Waals surface area contributed by atoms with E-state index < -0.39 is 0 Å². The maximum absolute atomic E-state index is 2.41. The molecule has 0 aliphatic heterocycles. The van der Waals surface area contributed by atoms with Crippen molar-refractivity contribution in [2.24, 2.45) is 0 Å². The molecule has 0 radical (unpaired) electrons. The van der Waals surface area contributed by atoms with Crippen LogP contribution < -0.4 is 0 Å². The van der Waals surface area contributed by atoms with Crippen molar-refractivity contribution in [1.82, 2.24) is 0 Å². The van der Waals surface area contributed by atoms with Gasteiger partial charge in [0, 0.05) is 7.14 Å². The lowest BCUT2D eigenvalue weighted by Crippen LogP contribution is -2.12. The van der Waals surface area contributed by atoms with Crippen molar-refractivity contribution in [2.45, 2.75) is 33.1 Å². The number of hydrogen-bond donors (Lipinski definition) is 0. The second-order valence-electron chi connectivity index (χ2n) is 4.31. The fourth-order valence-corrected chi connectivity index (χ4v) is 2.85. The van der Waals surface area contributed by atoms with Crippen LogP contribution in [0.1, 0.15) is 31.9 Å². The van der Waals surface area contributed by atoms with Crippen LogP contribution in [0.2, 0.25) is 0 Å². The average molecular weight is 400 g/mol. The van der Waals surface area contributed by atoms with Crippen LogP contribution in [0.3, 0.4) is 0 Å². The molecule has 13 heavy (non-hydrogen) atoms. The van der Waals surface area contributed by atoms with Crippen LogP contribution in [0.4, 0.5) is 0 Å². The molecule has 0 aliphatic carbocycles. The van der Waals surface area contributed by atoms with Crippen LogP contribution in [0.15, 0.2) is 12.1 Å². The molecule has 0 N–H and O–H groups in total. The van der Waals surface area contributed by atoms with Gasteiger partial charge in [0.1, 0.15) is 0 Å². The van der Waals surface area contributed by atoms with Crippen LogP contribution in [0, 0.1) is 14.1 Å². The Bertz CT molecular complexity index is 298. The molecular weight excluding hydrogens is 386 g/mol. The van der Waals surface area contributed by atoms with Gasteiger partial charge in [-0.25, -0.2) is 0 Å². The zero-order valence-electron chi connectivity index (χ0n) is 8.41. The lowest BCUT2D eigenvalue weighted by Gasteiger charge is -2.20. The molecule has 0 bridgehead atoms. The van der Waals surface area contributed by atoms with Crippen LogP contribution >= 0.6 is 45.2 Å². The first kappa shape index (κ1) is 11.8. The Morgan fingerprint density at radius 1 is 1.00 bits per heavy atom. The SMILES string of the molecule is Cc1c(I)cc(C(C)(C)C)cc1I. The van der Waals surface area contributed by atoms with Crippen LogP contribution in [0.5, 0.6) is 0 Å². The Balaban J connectivity index is 3.29. The van der Waals surface area contributed by atoms with E-state index in [-0.39, 0.29) is 5.41 Å². The van der Waals surface area contributed by atoms with Gasteiger partial charge in [0.2, 0.25) is 0 Å². The molecule has 0 heterocycles. The Labute approximate surface area is 108 Å². The summed E-state index contributed by atoms with van der Waals surface area (Å²) in [5, 5.41) is 0. The van der Waals surface area contributed by atoms with E-state index in [9.17, 15) is 0 Å². The third-order valence-electron chi connectivity index (χ3n) is 2.15. The maximum atomic E-state index is 2.41. The molecule has 0 spiro atoms. The van der Waals surface area contributed by atoms with Crippen LogP contribution in [-0.4, -0.2) is 0 Å². The molecule has 72 valence electrons. The molecule has 0 aromatic heterocycles. The number of benzene rings is 1. The third kappa shape index (κ3) is 2.81. The zero-order valence-corrected chi connectivity index (χ0v) is 12.7. The summed E-state index contributed by atoms with van der Waals surface area (Å²) >= 11 is 4.82. The molecule has 0 fully saturated rings. The number of halogens is 2. The third-order valence-corrected chi connectivity index (χ3v) is 4.39. The van der Waals surface area contributed by atoms with Gasteiger partial charge in [-0.2, -0.15) is 0 Å². The summed E-state index contributed by atoms with van der Waals surface area (Å²) in [6, 6.07) is 4.58. The van der Waals surface area contributed by atoms with E-state index in [1.165, 1.54) is 18.3 Å². The highest BCUT2D eigenvalue weighted by Gasteiger charge is 2.15. The number of rotatable bonds is 0. The zero-order chi connectivity index (χ0) is 10.2. The minimum Gasteiger partial charge on any atom is -0.0561 e. The van der Waals surface area contributed by atoms with Gasteiger partial charge in [-0.3, -0.25) is 0 Å². The lowest BCUT2D eigenvalue weighted by atomic mass is 9.87. The van der Waals surface area contributed by atoms with Gasteiger partial charge in [0.05, 0.1) is 0 Å². The first-order valence-electron chi connectivity index (χ1n) is 4.28. The van der Waals surface area contributed by atoms with E-state index in [1.807, 2.05) is 0 Å². The van der Waals surface area contributed by atoms with E-state index >= 15 is 0 Å². The smallest absolute Gasteiger partial charge is 0.0173 e. The van der Waals surface area contributed by atoms with Crippen molar-refractivity contribution >= 4 is 45.2 Å². The van der Waals surface area contributed by atoms with Crippen molar-refractivity contribution < 1.29 is 0 Å². The molecular formula is C11H14I2. The Morgan fingerprint density at radius 3 is 1.69 bits per heavy atom. The molecule has 0 atom stereocenters. The highest BCUT2D eigenvalue weighted by atomic mass is 127. The van der Waals surface area contributed by atoms with Crippen molar-refractivity contribution in [3.8, 4) is 0 Å². The average Bonchev–Trinajstić information content (AvgIpc) is 1.97. The lowest BCUT2D eigenvalue weighted by molar-refractivity contribution is 0.589. The molecule has 2 heteroatoms. The fraction of sp³-hybridized carbons (Fsp3) is 0.455. The predicted molar refractivity (Wildman–Crippen MR) is 75.3 cm³/mol. The summed E-state index contributed by atoms with van der Waals surface area (Å²) in [7, 11) is 0. The van der Waals surface area contributed by atoms with Crippen molar-refractivity contribution in [1.29, 1.82) is 0 Å². The number of hydrogen-bond acceptors (Lipinski definition) is 0. The summed E-state index contributed by atoms with van der Waals surface area (Å²) in [4.78, 5) is 0. The highest BCUT2D eigenvalue weighted by Crippen LogP contribution is 2.28. The Hall–Kier alpha value is 0.680. The van der Waals surface area contributed by atoms with Gasteiger partial charge < -0.3 is 0 Å². The van der Waals surface area contributed by atoms with Crippen molar-refractivity contribution in [3.63, 3.8) is 0 Å². The second-order valence-corrected chi connectivity index (χ2v) is 6.64. The van der Waals surface area contributed by atoms with Gasteiger partial charge in [0.25, 0.3) is 0 Å². The van der Waals surface area contributed by atoms with Gasteiger partial charge in [0.15, 0.2) is 0 Å². The molecule has 0 saturated carbocycles. The van der Waals surface area contributed by atoms with Gasteiger partial charge in [-0.1, -0.05) is 20.8 Å². The largest absolute Gasteiger partial charge is 0.0561 e. The van der Waals surface area contributed by atoms with E-state index in [1.54, 1.807) is 0 Å². The first-order chi connectivity index (χ1) is 5.82. The van der Waals surface area contributed by atoms with Crippen molar-refractivity contribution in [2.75, 3.05) is 0 Å². The van der Waals surface area contributed by atoms with Gasteiger partial charge in [-0.05, 0) is 80.8 Å². The standard InChI is InChI=1S/C11H14I2/c1-7-9(12)5-8(6-10(7)13)11(2,3)4/h5-6H,1-4H3. The molecule has 0 saturated heterocycles. The van der Waals surface area contributed by atoms with Gasteiger partial charge in [-0.15, -0.1) is 0 Å². The molecule has 1 rings (SSSR count). The monoisotopic (exact) mass is 400 g/mol. The summed E-state index contributed by atoms with van der Waals surface area (Å²) in [6.07, 6.45) is 0. The highest BCUT2D eigenvalue weighted by molar-refractivity contribution is 14.1. The normalized spacial score (nSPS) is 11.8. The van der Waals surface area contributed by atoms with E-state index in [4.69, 9.17) is 0 Å². The van der Waals surface area contributed by atoms with E-state index in [2.05, 4.69) is 85.0 Å². The van der Waals surface area contributed by atoms with Crippen molar-refractivity contribution in [3.05, 3.63) is 30.4 Å². The minimum atomic E-state index is 0.257.